The van der Waals surface area contributed by atoms with Crippen LogP contribution in [0.4, 0.5) is 0 Å². The number of rotatable bonds is 7. The van der Waals surface area contributed by atoms with Crippen molar-refractivity contribution in [3.8, 4) is 0 Å². The number of carbonyl (C=O) groups excluding carboxylic acids is 1. The van der Waals surface area contributed by atoms with E-state index in [9.17, 15) is 13.2 Å². The van der Waals surface area contributed by atoms with Crippen LogP contribution in [0.15, 0.2) is 69.9 Å². The molecular weight excluding hydrogens is 416 g/mol. The first-order valence-corrected chi connectivity index (χ1v) is 12.1. The van der Waals surface area contributed by atoms with E-state index in [4.69, 9.17) is 0 Å². The molecule has 0 aliphatic carbocycles. The molecule has 7 heteroatoms. The first kappa shape index (κ1) is 22.2. The molecule has 1 heterocycles. The zero-order valence-corrected chi connectivity index (χ0v) is 19.2. The first-order chi connectivity index (χ1) is 14.2. The van der Waals surface area contributed by atoms with Crippen molar-refractivity contribution in [2.45, 2.75) is 50.2 Å². The van der Waals surface area contributed by atoms with Gasteiger partial charge in [-0.05, 0) is 30.5 Å². The lowest BCUT2D eigenvalue weighted by Gasteiger charge is -2.32. The first-order valence-electron chi connectivity index (χ1n) is 9.78. The summed E-state index contributed by atoms with van der Waals surface area (Å²) in [7, 11) is -3.70. The van der Waals surface area contributed by atoms with Crippen molar-refractivity contribution in [1.82, 2.24) is 9.88 Å². The molecule has 0 radical (unpaired) electrons. The van der Waals surface area contributed by atoms with Crippen molar-refractivity contribution in [3.63, 3.8) is 0 Å². The third-order valence-corrected chi connectivity index (χ3v) is 7.65. The van der Waals surface area contributed by atoms with Gasteiger partial charge in [0.05, 0.1) is 10.9 Å². The fraction of sp³-hybridized carbons (Fsp3) is 0.304. The number of aromatic nitrogens is 1. The van der Waals surface area contributed by atoms with Crippen LogP contribution in [0.25, 0.3) is 0 Å². The van der Waals surface area contributed by atoms with Crippen LogP contribution in [-0.4, -0.2) is 24.2 Å². The summed E-state index contributed by atoms with van der Waals surface area (Å²) in [6.45, 7) is 7.92. The van der Waals surface area contributed by atoms with E-state index in [1.165, 1.54) is 18.3 Å². The third-order valence-electron chi connectivity index (χ3n) is 4.93. The Hall–Kier alpha value is -2.51. The highest BCUT2D eigenvalue weighted by atomic mass is 32.2. The van der Waals surface area contributed by atoms with Crippen LogP contribution in [0.2, 0.25) is 0 Å². The highest BCUT2D eigenvalue weighted by Gasteiger charge is 2.31. The van der Waals surface area contributed by atoms with Gasteiger partial charge in [-0.25, -0.2) is 13.4 Å². The summed E-state index contributed by atoms with van der Waals surface area (Å²) in [5.41, 5.74) is 2.01. The SMILES string of the molecule is CC(=O)N(Cc1ccccc1)C(c1nc(S(=O)(=O)c2ccc(C)cc2)cs1)C(C)C. The highest BCUT2D eigenvalue weighted by molar-refractivity contribution is 7.91. The number of carbonyl (C=O) groups is 1. The Kier molecular flexibility index (Phi) is 6.73. The van der Waals surface area contributed by atoms with Gasteiger partial charge in [-0.3, -0.25) is 4.79 Å². The zero-order valence-electron chi connectivity index (χ0n) is 17.6. The Morgan fingerprint density at radius 1 is 1.07 bits per heavy atom. The zero-order chi connectivity index (χ0) is 21.9. The Bertz CT molecular complexity index is 1100. The Morgan fingerprint density at radius 3 is 2.27 bits per heavy atom. The van der Waals surface area contributed by atoms with E-state index in [2.05, 4.69) is 4.98 Å². The summed E-state index contributed by atoms with van der Waals surface area (Å²) in [5, 5.41) is 2.22. The summed E-state index contributed by atoms with van der Waals surface area (Å²) in [5.74, 6) is -0.00520. The average Bonchev–Trinajstić information content (AvgIpc) is 3.19. The monoisotopic (exact) mass is 442 g/mol. The van der Waals surface area contributed by atoms with Gasteiger partial charge in [0, 0.05) is 18.8 Å². The molecular formula is C23H26N2O3S2. The van der Waals surface area contributed by atoms with Crippen molar-refractivity contribution >= 4 is 27.1 Å². The largest absolute Gasteiger partial charge is 0.329 e. The minimum absolute atomic E-state index is 0.0280. The van der Waals surface area contributed by atoms with Gasteiger partial charge in [0.2, 0.25) is 15.7 Å². The van der Waals surface area contributed by atoms with Gasteiger partial charge in [0.25, 0.3) is 0 Å². The van der Waals surface area contributed by atoms with Gasteiger partial charge in [-0.15, -0.1) is 11.3 Å². The highest BCUT2D eigenvalue weighted by Crippen LogP contribution is 2.34. The molecule has 1 amide bonds. The quantitative estimate of drug-likeness (QED) is 0.515. The second kappa shape index (κ2) is 9.10. The van der Waals surface area contributed by atoms with Crippen LogP contribution in [0, 0.1) is 12.8 Å². The summed E-state index contributed by atoms with van der Waals surface area (Å²) in [6.07, 6.45) is 0. The Labute approximate surface area is 182 Å². The van der Waals surface area contributed by atoms with Gasteiger partial charge in [-0.2, -0.15) is 0 Å². The smallest absolute Gasteiger partial charge is 0.224 e. The lowest BCUT2D eigenvalue weighted by Crippen LogP contribution is -2.35. The number of nitrogens with zero attached hydrogens (tertiary/aromatic N) is 2. The molecule has 1 unspecified atom stereocenters. The number of benzene rings is 2. The number of thiazole rings is 1. The molecule has 0 aliphatic rings. The molecule has 1 aromatic heterocycles. The van der Waals surface area contributed by atoms with Crippen molar-refractivity contribution in [1.29, 1.82) is 0 Å². The van der Waals surface area contributed by atoms with Crippen molar-refractivity contribution in [3.05, 3.63) is 76.1 Å². The summed E-state index contributed by atoms with van der Waals surface area (Å²) >= 11 is 1.28. The molecule has 2 aromatic carbocycles. The fourth-order valence-electron chi connectivity index (χ4n) is 3.33. The van der Waals surface area contributed by atoms with Gasteiger partial charge in [0.1, 0.15) is 5.01 Å². The van der Waals surface area contributed by atoms with Gasteiger partial charge < -0.3 is 4.90 Å². The van der Waals surface area contributed by atoms with Crippen LogP contribution >= 0.6 is 11.3 Å². The van der Waals surface area contributed by atoms with Crippen molar-refractivity contribution < 1.29 is 13.2 Å². The standard InChI is InChI=1S/C23H26N2O3S2/c1-16(2)22(25(18(4)26)14-19-8-6-5-7-9-19)23-24-21(15-29-23)30(27,28)20-12-10-17(3)11-13-20/h5-13,15-16,22H,14H2,1-4H3. The Balaban J connectivity index is 1.96. The summed E-state index contributed by atoms with van der Waals surface area (Å²) < 4.78 is 26.0. The normalized spacial score (nSPS) is 12.7. The molecule has 1 atom stereocenters. The number of amides is 1. The summed E-state index contributed by atoms with van der Waals surface area (Å²) in [6, 6.07) is 16.2. The molecule has 0 bridgehead atoms. The van der Waals surface area contributed by atoms with E-state index in [0.717, 1.165) is 11.1 Å². The number of sulfone groups is 1. The molecule has 0 N–H and O–H groups in total. The van der Waals surface area contributed by atoms with Crippen LogP contribution in [0.5, 0.6) is 0 Å². The lowest BCUT2D eigenvalue weighted by molar-refractivity contribution is -0.133. The molecule has 0 fully saturated rings. The predicted octanol–water partition coefficient (Wildman–Crippen LogP) is 5.03. The van der Waals surface area contributed by atoms with Gasteiger partial charge >= 0.3 is 0 Å². The minimum atomic E-state index is -3.70. The molecule has 0 saturated carbocycles. The van der Waals surface area contributed by atoms with E-state index < -0.39 is 9.84 Å². The molecule has 158 valence electrons. The van der Waals surface area contributed by atoms with E-state index in [-0.39, 0.29) is 27.8 Å². The third kappa shape index (κ3) is 4.79. The fourth-order valence-corrected chi connectivity index (χ4v) is 5.96. The lowest BCUT2D eigenvalue weighted by atomic mass is 10.0. The maximum atomic E-state index is 13.0. The molecule has 3 rings (SSSR count). The second-order valence-electron chi connectivity index (χ2n) is 7.66. The average molecular weight is 443 g/mol. The molecule has 0 saturated heterocycles. The van der Waals surface area contributed by atoms with E-state index >= 15 is 0 Å². The predicted molar refractivity (Wildman–Crippen MR) is 119 cm³/mol. The maximum absolute atomic E-state index is 13.0. The maximum Gasteiger partial charge on any atom is 0.224 e. The van der Waals surface area contributed by atoms with E-state index in [0.29, 0.717) is 11.6 Å². The van der Waals surface area contributed by atoms with E-state index in [1.54, 1.807) is 34.5 Å². The van der Waals surface area contributed by atoms with Crippen LogP contribution < -0.4 is 0 Å². The summed E-state index contributed by atoms with van der Waals surface area (Å²) in [4.78, 5) is 19.0. The van der Waals surface area contributed by atoms with Crippen LogP contribution in [0.3, 0.4) is 0 Å². The molecule has 0 aliphatic heterocycles. The number of hydrogen-bond acceptors (Lipinski definition) is 5. The number of hydrogen-bond donors (Lipinski definition) is 0. The molecule has 0 spiro atoms. The van der Waals surface area contributed by atoms with Crippen LogP contribution in [0.1, 0.15) is 42.9 Å². The van der Waals surface area contributed by atoms with Crippen molar-refractivity contribution in [2.24, 2.45) is 5.92 Å². The van der Waals surface area contributed by atoms with Crippen LogP contribution in [-0.2, 0) is 21.2 Å². The Morgan fingerprint density at radius 2 is 1.70 bits per heavy atom. The molecule has 3 aromatic rings. The number of aryl methyl sites for hydroxylation is 1. The van der Waals surface area contributed by atoms with Gasteiger partial charge in [0.15, 0.2) is 5.03 Å². The van der Waals surface area contributed by atoms with Crippen molar-refractivity contribution in [2.75, 3.05) is 0 Å². The van der Waals surface area contributed by atoms with E-state index in [1.807, 2.05) is 51.1 Å². The second-order valence-corrected chi connectivity index (χ2v) is 10.4. The molecule has 5 nitrogen and oxygen atoms in total. The minimum Gasteiger partial charge on any atom is -0.329 e. The molecule has 30 heavy (non-hydrogen) atoms. The topological polar surface area (TPSA) is 67.3 Å². The van der Waals surface area contributed by atoms with Gasteiger partial charge in [-0.1, -0.05) is 61.9 Å².